The Kier molecular flexibility index (Phi) is 5.37. The molecule has 0 atom stereocenters. The molecule has 0 saturated carbocycles. The molecule has 0 spiro atoms. The number of hydrogen-bond donors (Lipinski definition) is 1. The SMILES string of the molecule is C/C=C/CCNS(=O)(=O)CC(C)(C)C. The molecule has 0 fully saturated rings. The van der Waals surface area contributed by atoms with E-state index in [1.807, 2.05) is 39.8 Å². The molecule has 4 heteroatoms. The van der Waals surface area contributed by atoms with Crippen molar-refractivity contribution >= 4 is 10.0 Å². The summed E-state index contributed by atoms with van der Waals surface area (Å²) in [6.45, 7) is 8.15. The predicted molar refractivity (Wildman–Crippen MR) is 60.7 cm³/mol. The van der Waals surface area contributed by atoms with E-state index in [1.165, 1.54) is 0 Å². The lowest BCUT2D eigenvalue weighted by Gasteiger charge is -2.18. The summed E-state index contributed by atoms with van der Waals surface area (Å²) in [5.74, 6) is 0.176. The molecule has 0 radical (unpaired) electrons. The maximum Gasteiger partial charge on any atom is 0.212 e. The van der Waals surface area contributed by atoms with Crippen molar-refractivity contribution in [2.24, 2.45) is 5.41 Å². The normalized spacial score (nSPS) is 13.7. The molecule has 0 unspecified atom stereocenters. The van der Waals surface area contributed by atoms with E-state index in [0.717, 1.165) is 6.42 Å². The summed E-state index contributed by atoms with van der Waals surface area (Å²) in [7, 11) is -3.10. The van der Waals surface area contributed by atoms with Gasteiger partial charge in [0.2, 0.25) is 10.0 Å². The molecule has 84 valence electrons. The second kappa shape index (κ2) is 5.51. The first kappa shape index (κ1) is 13.7. The van der Waals surface area contributed by atoms with Crippen LogP contribution in [-0.2, 0) is 10.0 Å². The fraction of sp³-hybridized carbons (Fsp3) is 0.800. The summed E-state index contributed by atoms with van der Waals surface area (Å²) in [6.07, 6.45) is 4.61. The third-order valence-corrected chi connectivity index (χ3v) is 3.38. The third-order valence-electron chi connectivity index (χ3n) is 1.49. The molecule has 0 saturated heterocycles. The number of nitrogens with one attached hydrogen (secondary N) is 1. The maximum atomic E-state index is 11.5. The van der Waals surface area contributed by atoms with Gasteiger partial charge in [-0.1, -0.05) is 32.9 Å². The van der Waals surface area contributed by atoms with E-state index in [0.29, 0.717) is 6.54 Å². The van der Waals surface area contributed by atoms with Crippen molar-refractivity contribution in [1.82, 2.24) is 4.72 Å². The summed E-state index contributed by atoms with van der Waals surface area (Å²) < 4.78 is 25.5. The quantitative estimate of drug-likeness (QED) is 0.567. The fourth-order valence-corrected chi connectivity index (χ4v) is 2.76. The molecule has 0 aliphatic heterocycles. The summed E-state index contributed by atoms with van der Waals surface area (Å²) in [5.41, 5.74) is -0.188. The fourth-order valence-electron chi connectivity index (χ4n) is 1.09. The Morgan fingerprint density at radius 2 is 1.86 bits per heavy atom. The van der Waals surface area contributed by atoms with E-state index in [2.05, 4.69) is 4.72 Å². The summed E-state index contributed by atoms with van der Waals surface area (Å²) in [4.78, 5) is 0. The van der Waals surface area contributed by atoms with Gasteiger partial charge in [-0.2, -0.15) is 0 Å². The number of hydrogen-bond acceptors (Lipinski definition) is 2. The van der Waals surface area contributed by atoms with Crippen molar-refractivity contribution in [2.75, 3.05) is 12.3 Å². The van der Waals surface area contributed by atoms with Gasteiger partial charge in [-0.3, -0.25) is 0 Å². The van der Waals surface area contributed by atoms with Gasteiger partial charge in [0.25, 0.3) is 0 Å². The molecule has 0 amide bonds. The van der Waals surface area contributed by atoms with Crippen molar-refractivity contribution in [2.45, 2.75) is 34.1 Å². The zero-order chi connectivity index (χ0) is 11.2. The van der Waals surface area contributed by atoms with Crippen molar-refractivity contribution in [1.29, 1.82) is 0 Å². The van der Waals surface area contributed by atoms with E-state index in [-0.39, 0.29) is 11.2 Å². The second-order valence-electron chi connectivity index (χ2n) is 4.57. The van der Waals surface area contributed by atoms with Gasteiger partial charge in [-0.05, 0) is 18.8 Å². The average molecular weight is 219 g/mol. The lowest BCUT2D eigenvalue weighted by atomic mass is 10.0. The van der Waals surface area contributed by atoms with Gasteiger partial charge in [0, 0.05) is 6.54 Å². The van der Waals surface area contributed by atoms with Crippen LogP contribution in [0.2, 0.25) is 0 Å². The van der Waals surface area contributed by atoms with Crippen LogP contribution in [0.4, 0.5) is 0 Å². The first-order chi connectivity index (χ1) is 6.27. The summed E-state index contributed by atoms with van der Waals surface area (Å²) >= 11 is 0. The summed E-state index contributed by atoms with van der Waals surface area (Å²) in [6, 6.07) is 0. The largest absolute Gasteiger partial charge is 0.215 e. The lowest BCUT2D eigenvalue weighted by molar-refractivity contribution is 0.458. The highest BCUT2D eigenvalue weighted by Gasteiger charge is 2.20. The van der Waals surface area contributed by atoms with Gasteiger partial charge in [0.05, 0.1) is 5.75 Å². The van der Waals surface area contributed by atoms with Crippen LogP contribution in [0.15, 0.2) is 12.2 Å². The van der Waals surface area contributed by atoms with E-state index < -0.39 is 10.0 Å². The Balaban J connectivity index is 3.97. The molecule has 0 heterocycles. The number of rotatable bonds is 5. The zero-order valence-electron chi connectivity index (χ0n) is 9.50. The molecule has 0 bridgehead atoms. The van der Waals surface area contributed by atoms with Crippen LogP contribution in [0.3, 0.4) is 0 Å². The van der Waals surface area contributed by atoms with Crippen LogP contribution in [0.5, 0.6) is 0 Å². The average Bonchev–Trinajstić information content (AvgIpc) is 1.93. The molecule has 1 N–H and O–H groups in total. The second-order valence-corrected chi connectivity index (χ2v) is 6.38. The van der Waals surface area contributed by atoms with Crippen LogP contribution in [0.25, 0.3) is 0 Å². The Bertz CT molecular complexity index is 273. The molecular formula is C10H21NO2S. The van der Waals surface area contributed by atoms with Crippen LogP contribution in [0.1, 0.15) is 34.1 Å². The Hall–Kier alpha value is -0.350. The first-order valence-corrected chi connectivity index (χ1v) is 6.50. The highest BCUT2D eigenvalue weighted by Crippen LogP contribution is 2.15. The molecule has 0 aromatic rings. The molecule has 0 aromatic carbocycles. The van der Waals surface area contributed by atoms with Crippen LogP contribution < -0.4 is 4.72 Å². The van der Waals surface area contributed by atoms with E-state index in [1.54, 1.807) is 0 Å². The predicted octanol–water partition coefficient (Wildman–Crippen LogP) is 1.92. The maximum absolute atomic E-state index is 11.5. The summed E-state index contributed by atoms with van der Waals surface area (Å²) in [5, 5.41) is 0. The zero-order valence-corrected chi connectivity index (χ0v) is 10.3. The van der Waals surface area contributed by atoms with Crippen LogP contribution in [0, 0.1) is 5.41 Å². The van der Waals surface area contributed by atoms with Gasteiger partial charge in [0.1, 0.15) is 0 Å². The lowest BCUT2D eigenvalue weighted by Crippen LogP contribution is -2.32. The number of allylic oxidation sites excluding steroid dienone is 1. The minimum atomic E-state index is -3.10. The molecule has 0 rings (SSSR count). The minimum Gasteiger partial charge on any atom is -0.215 e. The first-order valence-electron chi connectivity index (χ1n) is 4.85. The highest BCUT2D eigenvalue weighted by molar-refractivity contribution is 7.89. The molecule has 3 nitrogen and oxygen atoms in total. The van der Waals surface area contributed by atoms with Crippen LogP contribution in [-0.4, -0.2) is 20.7 Å². The van der Waals surface area contributed by atoms with Gasteiger partial charge < -0.3 is 0 Å². The van der Waals surface area contributed by atoms with Gasteiger partial charge >= 0.3 is 0 Å². The Labute approximate surface area is 87.6 Å². The molecule has 0 aliphatic rings. The Morgan fingerprint density at radius 3 is 2.29 bits per heavy atom. The van der Waals surface area contributed by atoms with E-state index in [4.69, 9.17) is 0 Å². The molecular weight excluding hydrogens is 198 g/mol. The van der Waals surface area contributed by atoms with E-state index in [9.17, 15) is 8.42 Å². The molecule has 0 aromatic heterocycles. The smallest absolute Gasteiger partial charge is 0.212 e. The van der Waals surface area contributed by atoms with Crippen molar-refractivity contribution in [3.05, 3.63) is 12.2 Å². The van der Waals surface area contributed by atoms with Gasteiger partial charge in [-0.25, -0.2) is 13.1 Å². The molecule has 14 heavy (non-hydrogen) atoms. The van der Waals surface area contributed by atoms with Crippen molar-refractivity contribution in [3.63, 3.8) is 0 Å². The van der Waals surface area contributed by atoms with Crippen molar-refractivity contribution in [3.8, 4) is 0 Å². The molecule has 0 aliphatic carbocycles. The van der Waals surface area contributed by atoms with Crippen molar-refractivity contribution < 1.29 is 8.42 Å². The standard InChI is InChI=1S/C10H21NO2S/c1-5-6-7-8-11-14(12,13)9-10(2,3)4/h5-6,11H,7-9H2,1-4H3/b6-5+. The van der Waals surface area contributed by atoms with E-state index >= 15 is 0 Å². The monoisotopic (exact) mass is 219 g/mol. The van der Waals surface area contributed by atoms with Gasteiger partial charge in [0.15, 0.2) is 0 Å². The van der Waals surface area contributed by atoms with Crippen LogP contribution >= 0.6 is 0 Å². The third kappa shape index (κ3) is 8.26. The minimum absolute atomic E-state index is 0.176. The van der Waals surface area contributed by atoms with Gasteiger partial charge in [-0.15, -0.1) is 0 Å². The number of sulfonamides is 1. The highest BCUT2D eigenvalue weighted by atomic mass is 32.2. The Morgan fingerprint density at radius 1 is 1.29 bits per heavy atom. The topological polar surface area (TPSA) is 46.2 Å².